The summed E-state index contributed by atoms with van der Waals surface area (Å²) in [6, 6.07) is 3.10. The highest BCUT2D eigenvalue weighted by Gasteiger charge is 2.38. The normalized spacial score (nSPS) is 24.0. The van der Waals surface area contributed by atoms with Crippen LogP contribution in [0.15, 0.2) is 27.6 Å². The van der Waals surface area contributed by atoms with Crippen molar-refractivity contribution in [1.29, 1.82) is 0 Å². The highest BCUT2D eigenvalue weighted by Crippen LogP contribution is 2.31. The van der Waals surface area contributed by atoms with Gasteiger partial charge in [0.15, 0.2) is 0 Å². The van der Waals surface area contributed by atoms with Crippen LogP contribution >= 0.6 is 15.9 Å². The van der Waals surface area contributed by atoms with Gasteiger partial charge in [-0.2, -0.15) is 4.31 Å². The van der Waals surface area contributed by atoms with Crippen LogP contribution < -0.4 is 0 Å². The average molecular weight is 380 g/mol. The summed E-state index contributed by atoms with van der Waals surface area (Å²) in [7, 11) is -3.95. The number of aliphatic carboxylic acids is 1. The quantitative estimate of drug-likeness (QED) is 0.874. The molecular formula is C13H15BrFNO4S. The molecule has 1 aliphatic heterocycles. The van der Waals surface area contributed by atoms with E-state index < -0.39 is 27.7 Å². The molecular weight excluding hydrogens is 365 g/mol. The van der Waals surface area contributed by atoms with Crippen LogP contribution in [0.4, 0.5) is 4.39 Å². The number of carboxylic acids is 1. The lowest BCUT2D eigenvalue weighted by Crippen LogP contribution is -2.47. The second-order valence-corrected chi connectivity index (χ2v) is 7.82. The van der Waals surface area contributed by atoms with Crippen LogP contribution in [0.25, 0.3) is 0 Å². The van der Waals surface area contributed by atoms with E-state index in [-0.39, 0.29) is 22.0 Å². The highest BCUT2D eigenvalue weighted by atomic mass is 79.9. The molecule has 0 amide bonds. The molecule has 1 aromatic carbocycles. The molecule has 2 unspecified atom stereocenters. The third-order valence-corrected chi connectivity index (χ3v) is 6.63. The van der Waals surface area contributed by atoms with Crippen LogP contribution in [0.1, 0.15) is 19.8 Å². The summed E-state index contributed by atoms with van der Waals surface area (Å²) in [6.45, 7) is 1.63. The zero-order valence-corrected chi connectivity index (χ0v) is 13.7. The third kappa shape index (κ3) is 3.27. The Balaban J connectivity index is 2.42. The van der Waals surface area contributed by atoms with Crippen molar-refractivity contribution < 1.29 is 22.7 Å². The van der Waals surface area contributed by atoms with Gasteiger partial charge in [0.25, 0.3) is 0 Å². The lowest BCUT2D eigenvalue weighted by molar-refractivity contribution is -0.143. The van der Waals surface area contributed by atoms with Crippen molar-refractivity contribution in [3.8, 4) is 0 Å². The number of carbonyl (C=O) groups is 1. The first-order valence-electron chi connectivity index (χ1n) is 6.43. The molecule has 1 saturated heterocycles. The Labute approximate surface area is 130 Å². The van der Waals surface area contributed by atoms with Gasteiger partial charge in [-0.25, -0.2) is 12.8 Å². The molecule has 1 heterocycles. The van der Waals surface area contributed by atoms with Gasteiger partial charge in [0, 0.05) is 17.1 Å². The Hall–Kier alpha value is -0.990. The van der Waals surface area contributed by atoms with Gasteiger partial charge in [-0.05, 0) is 53.9 Å². The molecule has 0 spiro atoms. The van der Waals surface area contributed by atoms with E-state index in [9.17, 15) is 17.6 Å². The van der Waals surface area contributed by atoms with Gasteiger partial charge in [0.2, 0.25) is 10.0 Å². The Kier molecular flexibility index (Phi) is 4.69. The standard InChI is InChI=1S/C13H15BrFNO4S/c1-8-2-3-9(13(17)18)7-16(8)21(19,20)12-6-10(15)4-5-11(12)14/h4-6,8-9H,2-3,7H2,1H3,(H,17,18). The fraction of sp³-hybridized carbons (Fsp3) is 0.462. The lowest BCUT2D eigenvalue weighted by atomic mass is 9.96. The van der Waals surface area contributed by atoms with Crippen molar-refractivity contribution in [2.45, 2.75) is 30.7 Å². The lowest BCUT2D eigenvalue weighted by Gasteiger charge is -2.35. The summed E-state index contributed by atoms with van der Waals surface area (Å²) < 4.78 is 40.1. The highest BCUT2D eigenvalue weighted by molar-refractivity contribution is 9.10. The Morgan fingerprint density at radius 3 is 2.71 bits per heavy atom. The molecule has 21 heavy (non-hydrogen) atoms. The van der Waals surface area contributed by atoms with Crippen LogP contribution in [-0.2, 0) is 14.8 Å². The van der Waals surface area contributed by atoms with Gasteiger partial charge < -0.3 is 5.11 Å². The van der Waals surface area contributed by atoms with Crippen molar-refractivity contribution in [2.75, 3.05) is 6.54 Å². The molecule has 1 N–H and O–H groups in total. The van der Waals surface area contributed by atoms with E-state index in [0.29, 0.717) is 12.8 Å². The number of carboxylic acid groups (broad SMARTS) is 1. The molecule has 1 aliphatic rings. The summed E-state index contributed by atoms with van der Waals surface area (Å²) in [4.78, 5) is 10.9. The minimum atomic E-state index is -3.95. The molecule has 116 valence electrons. The van der Waals surface area contributed by atoms with Crippen molar-refractivity contribution in [2.24, 2.45) is 5.92 Å². The molecule has 1 fully saturated rings. The summed E-state index contributed by atoms with van der Waals surface area (Å²) in [6.07, 6.45) is 0.899. The van der Waals surface area contributed by atoms with Gasteiger partial charge in [-0.15, -0.1) is 0 Å². The molecule has 1 aromatic rings. The number of benzene rings is 1. The largest absolute Gasteiger partial charge is 0.481 e. The number of piperidine rings is 1. The smallest absolute Gasteiger partial charge is 0.307 e. The first-order chi connectivity index (χ1) is 9.73. The number of hydrogen-bond acceptors (Lipinski definition) is 3. The monoisotopic (exact) mass is 379 g/mol. The molecule has 5 nitrogen and oxygen atoms in total. The number of sulfonamides is 1. The first-order valence-corrected chi connectivity index (χ1v) is 8.66. The van der Waals surface area contributed by atoms with E-state index in [2.05, 4.69) is 15.9 Å². The van der Waals surface area contributed by atoms with Gasteiger partial charge in [0.05, 0.1) is 10.8 Å². The van der Waals surface area contributed by atoms with Crippen molar-refractivity contribution in [3.05, 3.63) is 28.5 Å². The summed E-state index contributed by atoms with van der Waals surface area (Å²) in [5.74, 6) is -2.40. The number of rotatable bonds is 3. The average Bonchev–Trinajstić information content (AvgIpc) is 2.41. The van der Waals surface area contributed by atoms with Crippen LogP contribution in [0, 0.1) is 11.7 Å². The predicted octanol–water partition coefficient (Wildman–Crippen LogP) is 2.46. The van der Waals surface area contributed by atoms with Crippen molar-refractivity contribution in [3.63, 3.8) is 0 Å². The van der Waals surface area contributed by atoms with Crippen LogP contribution in [0.5, 0.6) is 0 Å². The minimum Gasteiger partial charge on any atom is -0.481 e. The molecule has 0 aliphatic carbocycles. The van der Waals surface area contributed by atoms with Crippen LogP contribution in [0.3, 0.4) is 0 Å². The summed E-state index contributed by atoms with van der Waals surface area (Å²) in [5, 5.41) is 9.09. The van der Waals surface area contributed by atoms with Crippen molar-refractivity contribution in [1.82, 2.24) is 4.31 Å². The Morgan fingerprint density at radius 1 is 1.43 bits per heavy atom. The third-order valence-electron chi connectivity index (χ3n) is 3.65. The molecule has 0 aromatic heterocycles. The number of halogens is 2. The van der Waals surface area contributed by atoms with Gasteiger partial charge >= 0.3 is 5.97 Å². The Bertz CT molecular complexity index is 664. The minimum absolute atomic E-state index is 0.0954. The van der Waals surface area contributed by atoms with Gasteiger partial charge in [0.1, 0.15) is 5.82 Å². The fourth-order valence-corrected chi connectivity index (χ4v) is 5.06. The molecule has 8 heteroatoms. The summed E-state index contributed by atoms with van der Waals surface area (Å²) >= 11 is 3.11. The van der Waals surface area contributed by atoms with Gasteiger partial charge in [-0.3, -0.25) is 4.79 Å². The molecule has 2 rings (SSSR count). The maximum Gasteiger partial charge on any atom is 0.307 e. The van der Waals surface area contributed by atoms with E-state index in [1.165, 1.54) is 6.07 Å². The summed E-state index contributed by atoms with van der Waals surface area (Å²) in [5.41, 5.74) is 0. The zero-order valence-electron chi connectivity index (χ0n) is 11.3. The molecule has 0 saturated carbocycles. The van der Waals surface area contributed by atoms with E-state index in [0.717, 1.165) is 16.4 Å². The molecule has 0 bridgehead atoms. The maximum atomic E-state index is 13.3. The topological polar surface area (TPSA) is 74.7 Å². The SMILES string of the molecule is CC1CCC(C(=O)O)CN1S(=O)(=O)c1cc(F)ccc1Br. The Morgan fingerprint density at radius 2 is 2.10 bits per heavy atom. The van der Waals surface area contributed by atoms with E-state index in [1.54, 1.807) is 6.92 Å². The van der Waals surface area contributed by atoms with Crippen LogP contribution in [-0.4, -0.2) is 36.4 Å². The van der Waals surface area contributed by atoms with E-state index in [4.69, 9.17) is 5.11 Å². The molecule has 0 radical (unpaired) electrons. The zero-order chi connectivity index (χ0) is 15.8. The van der Waals surface area contributed by atoms with Gasteiger partial charge in [-0.1, -0.05) is 0 Å². The fourth-order valence-electron chi connectivity index (χ4n) is 2.41. The van der Waals surface area contributed by atoms with Crippen LogP contribution in [0.2, 0.25) is 0 Å². The maximum absolute atomic E-state index is 13.3. The van der Waals surface area contributed by atoms with Crippen molar-refractivity contribution >= 4 is 31.9 Å². The second-order valence-electron chi connectivity index (χ2n) is 5.11. The molecule has 2 atom stereocenters. The second kappa shape index (κ2) is 6.02. The van der Waals surface area contributed by atoms with E-state index in [1.807, 2.05) is 0 Å². The number of nitrogens with zero attached hydrogens (tertiary/aromatic N) is 1. The van der Waals surface area contributed by atoms with E-state index >= 15 is 0 Å². The predicted molar refractivity (Wildman–Crippen MR) is 77.8 cm³/mol. The number of hydrogen-bond donors (Lipinski definition) is 1. The first kappa shape index (κ1) is 16.4.